The second-order valence-electron chi connectivity index (χ2n) is 8.52. The first-order chi connectivity index (χ1) is 18.3. The van der Waals surface area contributed by atoms with Gasteiger partial charge in [0.05, 0.1) is 16.8 Å². The Hall–Kier alpha value is -4.11. The summed E-state index contributed by atoms with van der Waals surface area (Å²) >= 11 is 3.51. The van der Waals surface area contributed by atoms with Crippen LogP contribution in [0, 0.1) is 13.8 Å². The van der Waals surface area contributed by atoms with Crippen molar-refractivity contribution in [3.8, 4) is 17.2 Å². The normalized spacial score (nSPS) is 14.5. The first kappa shape index (κ1) is 26.9. The van der Waals surface area contributed by atoms with Crippen LogP contribution in [0.5, 0.6) is 17.2 Å². The summed E-state index contributed by atoms with van der Waals surface area (Å²) in [5.41, 5.74) is 2.71. The summed E-state index contributed by atoms with van der Waals surface area (Å²) in [6.45, 7) is 6.68. The molecule has 0 unspecified atom stereocenters. The van der Waals surface area contributed by atoms with Crippen molar-refractivity contribution in [1.82, 2.24) is 5.32 Å². The SMILES string of the molecule is CCOc1cc(/C=C2/C(=O)NC(=O)N(c3ccc(C)cc3)C2=O)cc(Br)c1OCCOc1ccccc1C. The van der Waals surface area contributed by atoms with Gasteiger partial charge in [-0.3, -0.25) is 14.9 Å². The van der Waals surface area contributed by atoms with E-state index in [1.165, 1.54) is 6.08 Å². The number of carbonyl (C=O) groups excluding carboxylic acids is 3. The van der Waals surface area contributed by atoms with Gasteiger partial charge >= 0.3 is 6.03 Å². The largest absolute Gasteiger partial charge is 0.490 e. The van der Waals surface area contributed by atoms with Gasteiger partial charge in [-0.05, 0) is 84.2 Å². The molecule has 1 saturated heterocycles. The Morgan fingerprint density at radius 1 is 0.895 bits per heavy atom. The second kappa shape index (κ2) is 12.0. The molecule has 0 saturated carbocycles. The zero-order valence-corrected chi connectivity index (χ0v) is 22.8. The van der Waals surface area contributed by atoms with Gasteiger partial charge in [0.15, 0.2) is 11.5 Å². The number of halogens is 1. The van der Waals surface area contributed by atoms with Crippen LogP contribution in [0.2, 0.25) is 0 Å². The number of anilines is 1. The third kappa shape index (κ3) is 6.06. The van der Waals surface area contributed by atoms with Crippen LogP contribution >= 0.6 is 15.9 Å². The second-order valence-corrected chi connectivity index (χ2v) is 9.37. The molecule has 4 amide bonds. The van der Waals surface area contributed by atoms with E-state index >= 15 is 0 Å². The molecule has 3 aromatic rings. The summed E-state index contributed by atoms with van der Waals surface area (Å²) in [5.74, 6) is 0.199. The number of nitrogens with zero attached hydrogens (tertiary/aromatic N) is 1. The molecule has 1 aliphatic rings. The number of rotatable bonds is 9. The van der Waals surface area contributed by atoms with Crippen molar-refractivity contribution in [2.75, 3.05) is 24.7 Å². The molecule has 0 bridgehead atoms. The first-order valence-corrected chi connectivity index (χ1v) is 12.8. The molecule has 1 N–H and O–H groups in total. The third-order valence-corrected chi connectivity index (χ3v) is 6.31. The zero-order valence-electron chi connectivity index (χ0n) is 21.2. The molecule has 1 aliphatic heterocycles. The average molecular weight is 579 g/mol. The molecule has 1 heterocycles. The highest BCUT2D eigenvalue weighted by Crippen LogP contribution is 2.38. The van der Waals surface area contributed by atoms with E-state index in [1.807, 2.05) is 45.0 Å². The van der Waals surface area contributed by atoms with Crippen molar-refractivity contribution in [3.05, 3.63) is 87.4 Å². The highest BCUT2D eigenvalue weighted by atomic mass is 79.9. The molecular formula is C29H27BrN2O6. The van der Waals surface area contributed by atoms with E-state index in [0.29, 0.717) is 40.4 Å². The summed E-state index contributed by atoms with van der Waals surface area (Å²) in [7, 11) is 0. The van der Waals surface area contributed by atoms with Crippen molar-refractivity contribution >= 4 is 45.5 Å². The molecule has 1 fully saturated rings. The van der Waals surface area contributed by atoms with E-state index in [1.54, 1.807) is 36.4 Å². The molecule has 0 aromatic heterocycles. The van der Waals surface area contributed by atoms with Crippen molar-refractivity contribution < 1.29 is 28.6 Å². The van der Waals surface area contributed by atoms with E-state index in [-0.39, 0.29) is 12.2 Å². The number of carbonyl (C=O) groups is 3. The molecule has 0 spiro atoms. The van der Waals surface area contributed by atoms with Crippen molar-refractivity contribution in [3.63, 3.8) is 0 Å². The number of para-hydroxylation sites is 1. The van der Waals surface area contributed by atoms with Gasteiger partial charge in [-0.2, -0.15) is 0 Å². The van der Waals surface area contributed by atoms with Gasteiger partial charge in [-0.25, -0.2) is 9.69 Å². The molecule has 196 valence electrons. The number of aryl methyl sites for hydroxylation is 2. The van der Waals surface area contributed by atoms with Crippen molar-refractivity contribution in [2.24, 2.45) is 0 Å². The van der Waals surface area contributed by atoms with Crippen LogP contribution in [0.25, 0.3) is 6.08 Å². The van der Waals surface area contributed by atoms with Crippen LogP contribution in [0.15, 0.2) is 70.7 Å². The first-order valence-electron chi connectivity index (χ1n) is 12.0. The standard InChI is InChI=1S/C29H27BrN2O6/c1-4-36-25-17-20(16-23(30)26(25)38-14-13-37-24-8-6-5-7-19(24)3)15-22-27(33)31-29(35)32(28(22)34)21-11-9-18(2)10-12-21/h5-12,15-17H,4,13-14H2,1-3H3,(H,31,33,35)/b22-15-. The minimum atomic E-state index is -0.797. The minimum absolute atomic E-state index is 0.181. The fraction of sp³-hybridized carbons (Fsp3) is 0.207. The molecule has 3 aromatic carbocycles. The summed E-state index contributed by atoms with van der Waals surface area (Å²) in [6, 6.07) is 17.2. The summed E-state index contributed by atoms with van der Waals surface area (Å²) in [5, 5.41) is 2.24. The van der Waals surface area contributed by atoms with E-state index < -0.39 is 17.8 Å². The number of hydrogen-bond donors (Lipinski definition) is 1. The average Bonchev–Trinajstić information content (AvgIpc) is 2.88. The van der Waals surface area contributed by atoms with E-state index in [0.717, 1.165) is 21.8 Å². The Morgan fingerprint density at radius 3 is 2.32 bits per heavy atom. The van der Waals surface area contributed by atoms with Crippen LogP contribution in [0.1, 0.15) is 23.6 Å². The monoisotopic (exact) mass is 578 g/mol. The van der Waals surface area contributed by atoms with E-state index in [4.69, 9.17) is 14.2 Å². The lowest BCUT2D eigenvalue weighted by Gasteiger charge is -2.26. The molecule has 38 heavy (non-hydrogen) atoms. The number of ether oxygens (including phenoxy) is 3. The number of urea groups is 1. The Balaban J connectivity index is 1.55. The summed E-state index contributed by atoms with van der Waals surface area (Å²) < 4.78 is 18.1. The van der Waals surface area contributed by atoms with Gasteiger partial charge in [0.1, 0.15) is 24.5 Å². The molecule has 0 aliphatic carbocycles. The molecule has 0 atom stereocenters. The van der Waals surface area contributed by atoms with Gasteiger partial charge in [0, 0.05) is 0 Å². The smallest absolute Gasteiger partial charge is 0.335 e. The lowest BCUT2D eigenvalue weighted by atomic mass is 10.1. The summed E-state index contributed by atoms with van der Waals surface area (Å²) in [4.78, 5) is 39.2. The van der Waals surface area contributed by atoms with Crippen LogP contribution in [0.3, 0.4) is 0 Å². The van der Waals surface area contributed by atoms with Gasteiger partial charge in [0.25, 0.3) is 11.8 Å². The van der Waals surface area contributed by atoms with E-state index in [2.05, 4.69) is 21.2 Å². The highest BCUT2D eigenvalue weighted by molar-refractivity contribution is 9.10. The number of imide groups is 2. The number of amides is 4. The molecule has 4 rings (SSSR count). The van der Waals surface area contributed by atoms with Crippen LogP contribution in [0.4, 0.5) is 10.5 Å². The molecule has 0 radical (unpaired) electrons. The Kier molecular flexibility index (Phi) is 8.48. The topological polar surface area (TPSA) is 94.2 Å². The lowest BCUT2D eigenvalue weighted by Crippen LogP contribution is -2.54. The van der Waals surface area contributed by atoms with Crippen LogP contribution in [-0.2, 0) is 9.59 Å². The number of barbiturate groups is 1. The highest BCUT2D eigenvalue weighted by Gasteiger charge is 2.36. The van der Waals surface area contributed by atoms with Gasteiger partial charge < -0.3 is 14.2 Å². The predicted octanol–water partition coefficient (Wildman–Crippen LogP) is 5.59. The quantitative estimate of drug-likeness (QED) is 0.202. The van der Waals surface area contributed by atoms with Crippen molar-refractivity contribution in [2.45, 2.75) is 20.8 Å². The Morgan fingerprint density at radius 2 is 1.61 bits per heavy atom. The molecule has 9 heteroatoms. The fourth-order valence-corrected chi connectivity index (χ4v) is 4.41. The lowest BCUT2D eigenvalue weighted by molar-refractivity contribution is -0.122. The number of nitrogens with one attached hydrogen (secondary N) is 1. The summed E-state index contributed by atoms with van der Waals surface area (Å²) in [6.07, 6.45) is 1.42. The Labute approximate surface area is 229 Å². The number of benzene rings is 3. The van der Waals surface area contributed by atoms with Crippen LogP contribution < -0.4 is 24.4 Å². The number of hydrogen-bond acceptors (Lipinski definition) is 6. The van der Waals surface area contributed by atoms with Gasteiger partial charge in [-0.1, -0.05) is 35.9 Å². The predicted molar refractivity (Wildman–Crippen MR) is 148 cm³/mol. The van der Waals surface area contributed by atoms with Gasteiger partial charge in [0.2, 0.25) is 0 Å². The van der Waals surface area contributed by atoms with Gasteiger partial charge in [-0.15, -0.1) is 0 Å². The maximum absolute atomic E-state index is 13.2. The Bertz CT molecular complexity index is 1400. The minimum Gasteiger partial charge on any atom is -0.490 e. The maximum Gasteiger partial charge on any atom is 0.335 e. The van der Waals surface area contributed by atoms with E-state index in [9.17, 15) is 14.4 Å². The van der Waals surface area contributed by atoms with Crippen LogP contribution in [-0.4, -0.2) is 37.7 Å². The maximum atomic E-state index is 13.2. The zero-order chi connectivity index (χ0) is 27.2. The van der Waals surface area contributed by atoms with Crippen molar-refractivity contribution in [1.29, 1.82) is 0 Å². The molecular weight excluding hydrogens is 552 g/mol. The third-order valence-electron chi connectivity index (χ3n) is 5.72. The molecule has 8 nitrogen and oxygen atoms in total. The fourth-order valence-electron chi connectivity index (χ4n) is 3.84.